The van der Waals surface area contributed by atoms with Gasteiger partial charge >= 0.3 is 0 Å². The third-order valence-corrected chi connectivity index (χ3v) is 4.20. The minimum Gasteiger partial charge on any atom is -0.484 e. The van der Waals surface area contributed by atoms with Gasteiger partial charge in [-0.2, -0.15) is 5.10 Å². The maximum Gasteiger partial charge on any atom is 0.258 e. The maximum atomic E-state index is 12.0. The molecule has 6 heteroatoms. The van der Waals surface area contributed by atoms with Gasteiger partial charge in [-0.15, -0.1) is 0 Å². The summed E-state index contributed by atoms with van der Waals surface area (Å²) in [5, 5.41) is 7.12. The number of ether oxygens (including phenoxy) is 1. The molecular weight excluding hydrogens is 382 g/mol. The Bertz CT molecular complexity index is 817. The molecule has 0 unspecified atom stereocenters. The van der Waals surface area contributed by atoms with Crippen molar-refractivity contribution in [2.45, 2.75) is 13.1 Å². The van der Waals surface area contributed by atoms with Crippen LogP contribution in [-0.2, 0) is 17.9 Å². The van der Waals surface area contributed by atoms with Gasteiger partial charge in [-0.1, -0.05) is 40.2 Å². The molecule has 1 aromatic heterocycles. The number of hydrogen-bond donors (Lipinski definition) is 1. The molecule has 0 saturated carbocycles. The molecule has 0 saturated heterocycles. The number of rotatable bonds is 7. The summed E-state index contributed by atoms with van der Waals surface area (Å²) >= 11 is 3.36. The molecule has 0 spiro atoms. The summed E-state index contributed by atoms with van der Waals surface area (Å²) in [6.07, 6.45) is 3.67. The lowest BCUT2D eigenvalue weighted by molar-refractivity contribution is -0.123. The average molecular weight is 400 g/mol. The first kappa shape index (κ1) is 17.2. The fourth-order valence-corrected chi connectivity index (χ4v) is 2.64. The van der Waals surface area contributed by atoms with E-state index in [0.29, 0.717) is 18.8 Å². The zero-order chi connectivity index (χ0) is 17.5. The summed E-state index contributed by atoms with van der Waals surface area (Å²) in [7, 11) is 0. The van der Waals surface area contributed by atoms with E-state index in [4.69, 9.17) is 4.74 Å². The molecule has 5 nitrogen and oxygen atoms in total. The standard InChI is InChI=1S/C19H18BrN3O2/c20-17-6-8-18(9-7-17)25-14-19(24)21-12-15-4-1-2-5-16(15)13-23-11-3-10-22-23/h1-11H,12-14H2,(H,21,24). The number of benzene rings is 2. The van der Waals surface area contributed by atoms with Gasteiger partial charge in [0.2, 0.25) is 0 Å². The van der Waals surface area contributed by atoms with E-state index in [2.05, 4.69) is 26.3 Å². The molecule has 2 aromatic carbocycles. The fraction of sp³-hybridized carbons (Fsp3) is 0.158. The minimum atomic E-state index is -0.156. The lowest BCUT2D eigenvalue weighted by Gasteiger charge is -2.11. The van der Waals surface area contributed by atoms with Crippen molar-refractivity contribution < 1.29 is 9.53 Å². The van der Waals surface area contributed by atoms with Crippen LogP contribution in [0, 0.1) is 0 Å². The fourth-order valence-electron chi connectivity index (χ4n) is 2.38. The Balaban J connectivity index is 1.52. The van der Waals surface area contributed by atoms with E-state index in [-0.39, 0.29) is 12.5 Å². The van der Waals surface area contributed by atoms with Crippen LogP contribution in [0.3, 0.4) is 0 Å². The van der Waals surface area contributed by atoms with Gasteiger partial charge in [0.25, 0.3) is 5.91 Å². The predicted octanol–water partition coefficient (Wildman–Crippen LogP) is 3.39. The van der Waals surface area contributed by atoms with Crippen molar-refractivity contribution in [2.75, 3.05) is 6.61 Å². The highest BCUT2D eigenvalue weighted by atomic mass is 79.9. The number of halogens is 1. The summed E-state index contributed by atoms with van der Waals surface area (Å²) in [4.78, 5) is 12.0. The van der Waals surface area contributed by atoms with Gasteiger partial charge in [-0.05, 0) is 41.5 Å². The molecule has 25 heavy (non-hydrogen) atoms. The van der Waals surface area contributed by atoms with Gasteiger partial charge in [0.15, 0.2) is 6.61 Å². The van der Waals surface area contributed by atoms with Crippen molar-refractivity contribution in [1.29, 1.82) is 0 Å². The molecule has 3 aromatic rings. The molecule has 1 heterocycles. The van der Waals surface area contributed by atoms with Crippen LogP contribution in [0.15, 0.2) is 71.5 Å². The summed E-state index contributed by atoms with van der Waals surface area (Å²) in [6, 6.07) is 17.3. The van der Waals surface area contributed by atoms with E-state index in [1.165, 1.54) is 0 Å². The second kappa shape index (κ2) is 8.48. The lowest BCUT2D eigenvalue weighted by atomic mass is 10.1. The van der Waals surface area contributed by atoms with E-state index in [9.17, 15) is 4.79 Å². The lowest BCUT2D eigenvalue weighted by Crippen LogP contribution is -2.28. The van der Waals surface area contributed by atoms with Gasteiger partial charge in [0.05, 0.1) is 6.54 Å². The van der Waals surface area contributed by atoms with Gasteiger partial charge in [-0.3, -0.25) is 9.48 Å². The molecule has 128 valence electrons. The number of amides is 1. The number of nitrogens with zero attached hydrogens (tertiary/aromatic N) is 2. The van der Waals surface area contributed by atoms with Crippen molar-refractivity contribution in [1.82, 2.24) is 15.1 Å². The van der Waals surface area contributed by atoms with Gasteiger partial charge in [0, 0.05) is 23.4 Å². The Morgan fingerprint density at radius 3 is 2.56 bits per heavy atom. The Hall–Kier alpha value is -2.60. The maximum absolute atomic E-state index is 12.0. The average Bonchev–Trinajstić information content (AvgIpc) is 3.13. The summed E-state index contributed by atoms with van der Waals surface area (Å²) in [5.41, 5.74) is 2.19. The second-order valence-electron chi connectivity index (χ2n) is 5.49. The third-order valence-electron chi connectivity index (χ3n) is 3.67. The highest BCUT2D eigenvalue weighted by molar-refractivity contribution is 9.10. The van der Waals surface area contributed by atoms with Crippen molar-refractivity contribution >= 4 is 21.8 Å². The molecule has 0 bridgehead atoms. The van der Waals surface area contributed by atoms with Gasteiger partial charge in [-0.25, -0.2) is 0 Å². The monoisotopic (exact) mass is 399 g/mol. The van der Waals surface area contributed by atoms with Crippen LogP contribution in [0.4, 0.5) is 0 Å². The molecule has 0 aliphatic rings. The third kappa shape index (κ3) is 5.19. The van der Waals surface area contributed by atoms with E-state index in [1.807, 2.05) is 65.5 Å². The molecule has 0 radical (unpaired) electrons. The van der Waals surface area contributed by atoms with E-state index in [0.717, 1.165) is 15.6 Å². The van der Waals surface area contributed by atoms with Crippen LogP contribution in [0.2, 0.25) is 0 Å². The number of nitrogens with one attached hydrogen (secondary N) is 1. The van der Waals surface area contributed by atoms with Crippen molar-refractivity contribution in [3.63, 3.8) is 0 Å². The number of carbonyl (C=O) groups excluding carboxylic acids is 1. The number of carbonyl (C=O) groups is 1. The molecule has 3 rings (SSSR count). The zero-order valence-corrected chi connectivity index (χ0v) is 15.1. The molecule has 1 amide bonds. The van der Waals surface area contributed by atoms with Gasteiger partial charge < -0.3 is 10.1 Å². The van der Waals surface area contributed by atoms with Gasteiger partial charge in [0.1, 0.15) is 5.75 Å². The normalized spacial score (nSPS) is 10.4. The van der Waals surface area contributed by atoms with Crippen LogP contribution < -0.4 is 10.1 Å². The first-order valence-corrected chi connectivity index (χ1v) is 8.69. The Kier molecular flexibility index (Phi) is 5.85. The second-order valence-corrected chi connectivity index (χ2v) is 6.41. The summed E-state index contributed by atoms with van der Waals surface area (Å²) in [5.74, 6) is 0.509. The molecule has 0 fully saturated rings. The summed E-state index contributed by atoms with van der Waals surface area (Å²) in [6.45, 7) is 1.12. The van der Waals surface area contributed by atoms with Crippen molar-refractivity contribution in [3.8, 4) is 5.75 Å². The first-order chi connectivity index (χ1) is 12.2. The minimum absolute atomic E-state index is 0.0110. The molecule has 1 N–H and O–H groups in total. The molecule has 0 aliphatic carbocycles. The molecule has 0 atom stereocenters. The zero-order valence-electron chi connectivity index (χ0n) is 13.6. The van der Waals surface area contributed by atoms with Crippen LogP contribution in [0.1, 0.15) is 11.1 Å². The molecular formula is C19H18BrN3O2. The first-order valence-electron chi connectivity index (χ1n) is 7.90. The SMILES string of the molecule is O=C(COc1ccc(Br)cc1)NCc1ccccc1Cn1cccn1. The van der Waals surface area contributed by atoms with Crippen LogP contribution in [0.5, 0.6) is 5.75 Å². The Morgan fingerprint density at radius 1 is 1.08 bits per heavy atom. The predicted molar refractivity (Wildman–Crippen MR) is 99.3 cm³/mol. The Morgan fingerprint density at radius 2 is 1.84 bits per heavy atom. The highest BCUT2D eigenvalue weighted by Crippen LogP contribution is 2.16. The topological polar surface area (TPSA) is 56.1 Å². The van der Waals surface area contributed by atoms with Crippen LogP contribution in [-0.4, -0.2) is 22.3 Å². The van der Waals surface area contributed by atoms with Crippen molar-refractivity contribution in [2.24, 2.45) is 0 Å². The summed E-state index contributed by atoms with van der Waals surface area (Å²) < 4.78 is 8.31. The highest BCUT2D eigenvalue weighted by Gasteiger charge is 2.06. The molecule has 0 aliphatic heterocycles. The van der Waals surface area contributed by atoms with E-state index >= 15 is 0 Å². The quantitative estimate of drug-likeness (QED) is 0.662. The smallest absolute Gasteiger partial charge is 0.258 e. The van der Waals surface area contributed by atoms with Crippen LogP contribution in [0.25, 0.3) is 0 Å². The Labute approximate surface area is 154 Å². The number of aromatic nitrogens is 2. The number of hydrogen-bond acceptors (Lipinski definition) is 3. The van der Waals surface area contributed by atoms with Crippen LogP contribution >= 0.6 is 15.9 Å². The van der Waals surface area contributed by atoms with E-state index in [1.54, 1.807) is 6.20 Å². The van der Waals surface area contributed by atoms with E-state index < -0.39 is 0 Å². The largest absolute Gasteiger partial charge is 0.484 e. The van der Waals surface area contributed by atoms with Crippen molar-refractivity contribution in [3.05, 3.63) is 82.6 Å².